The topological polar surface area (TPSA) is 88.2 Å². The van der Waals surface area contributed by atoms with Crippen LogP contribution >= 0.6 is 0 Å². The summed E-state index contributed by atoms with van der Waals surface area (Å²) in [6.07, 6.45) is 2.74. The molecular formula is C18H17N3O3S. The highest BCUT2D eigenvalue weighted by Crippen LogP contribution is 2.16. The van der Waals surface area contributed by atoms with Crippen LogP contribution in [0.5, 0.6) is 0 Å². The maximum absolute atomic E-state index is 12.5. The van der Waals surface area contributed by atoms with Gasteiger partial charge in [0.1, 0.15) is 0 Å². The monoisotopic (exact) mass is 355 g/mol. The van der Waals surface area contributed by atoms with E-state index in [-0.39, 0.29) is 12.5 Å². The van der Waals surface area contributed by atoms with Gasteiger partial charge in [0, 0.05) is 23.8 Å². The van der Waals surface area contributed by atoms with Crippen molar-refractivity contribution in [3.63, 3.8) is 0 Å². The minimum Gasteiger partial charge on any atom is -0.348 e. The summed E-state index contributed by atoms with van der Waals surface area (Å²) >= 11 is 0. The van der Waals surface area contributed by atoms with Gasteiger partial charge in [0.2, 0.25) is 10.0 Å². The minimum absolute atomic E-state index is 0.231. The maximum Gasteiger partial charge on any atom is 0.253 e. The molecule has 2 aromatic carbocycles. The minimum atomic E-state index is -3.34. The van der Waals surface area contributed by atoms with Crippen LogP contribution in [-0.4, -0.2) is 25.6 Å². The molecule has 0 aliphatic carbocycles. The Balaban J connectivity index is 1.75. The molecule has 2 N–H and O–H groups in total. The van der Waals surface area contributed by atoms with E-state index >= 15 is 0 Å². The number of benzene rings is 2. The van der Waals surface area contributed by atoms with Gasteiger partial charge in [-0.25, -0.2) is 8.42 Å². The molecule has 1 aromatic heterocycles. The number of anilines is 1. The van der Waals surface area contributed by atoms with Crippen molar-refractivity contribution in [1.82, 2.24) is 10.3 Å². The third-order valence-corrected chi connectivity index (χ3v) is 4.17. The number of carbonyl (C=O) groups is 1. The Kier molecular flexibility index (Phi) is 4.67. The second-order valence-corrected chi connectivity index (χ2v) is 7.39. The summed E-state index contributed by atoms with van der Waals surface area (Å²) < 4.78 is 25.0. The average molecular weight is 355 g/mol. The molecule has 1 heterocycles. The standard InChI is InChI=1S/C18H17N3O3S/c1-25(23,24)21-15-8-2-5-13(11-15)12-20-18(22)16-9-3-6-14-7-4-10-19-17(14)16/h2-11,21H,12H2,1H3,(H,20,22). The highest BCUT2D eigenvalue weighted by molar-refractivity contribution is 7.92. The average Bonchev–Trinajstić information content (AvgIpc) is 2.58. The van der Waals surface area contributed by atoms with E-state index in [1.54, 1.807) is 30.5 Å². The van der Waals surface area contributed by atoms with Gasteiger partial charge in [0.15, 0.2) is 0 Å². The molecule has 0 saturated carbocycles. The van der Waals surface area contributed by atoms with Gasteiger partial charge < -0.3 is 5.32 Å². The molecule has 0 spiro atoms. The van der Waals surface area contributed by atoms with Crippen LogP contribution < -0.4 is 10.0 Å². The third-order valence-electron chi connectivity index (χ3n) is 3.56. The van der Waals surface area contributed by atoms with Crippen molar-refractivity contribution in [3.8, 4) is 0 Å². The van der Waals surface area contributed by atoms with E-state index in [2.05, 4.69) is 15.0 Å². The van der Waals surface area contributed by atoms with E-state index in [0.29, 0.717) is 16.8 Å². The summed E-state index contributed by atoms with van der Waals surface area (Å²) in [7, 11) is -3.34. The first kappa shape index (κ1) is 16.9. The number of fused-ring (bicyclic) bond motifs is 1. The molecule has 0 saturated heterocycles. The van der Waals surface area contributed by atoms with Crippen molar-refractivity contribution in [2.24, 2.45) is 0 Å². The zero-order chi connectivity index (χ0) is 17.9. The molecule has 0 unspecified atom stereocenters. The predicted octanol–water partition coefficient (Wildman–Crippen LogP) is 2.54. The van der Waals surface area contributed by atoms with Crippen molar-refractivity contribution >= 4 is 32.5 Å². The Hall–Kier alpha value is -2.93. The second-order valence-electron chi connectivity index (χ2n) is 5.64. The first-order valence-corrected chi connectivity index (χ1v) is 9.50. The van der Waals surface area contributed by atoms with Crippen LogP contribution in [-0.2, 0) is 16.6 Å². The van der Waals surface area contributed by atoms with Gasteiger partial charge in [-0.2, -0.15) is 0 Å². The van der Waals surface area contributed by atoms with Crippen molar-refractivity contribution in [1.29, 1.82) is 0 Å². The number of nitrogens with one attached hydrogen (secondary N) is 2. The van der Waals surface area contributed by atoms with E-state index in [1.165, 1.54) is 0 Å². The summed E-state index contributed by atoms with van der Waals surface area (Å²) in [5, 5.41) is 3.74. The van der Waals surface area contributed by atoms with Gasteiger partial charge in [0.05, 0.1) is 17.3 Å². The molecule has 128 valence electrons. The SMILES string of the molecule is CS(=O)(=O)Nc1cccc(CNC(=O)c2cccc3cccnc23)c1. The number of rotatable bonds is 5. The number of para-hydroxylation sites is 1. The van der Waals surface area contributed by atoms with Gasteiger partial charge in [-0.3, -0.25) is 14.5 Å². The van der Waals surface area contributed by atoms with Crippen molar-refractivity contribution < 1.29 is 13.2 Å². The molecule has 0 bridgehead atoms. The molecule has 0 atom stereocenters. The molecule has 3 aromatic rings. The van der Waals surface area contributed by atoms with Crippen molar-refractivity contribution in [2.45, 2.75) is 6.54 Å². The van der Waals surface area contributed by atoms with Gasteiger partial charge in [-0.05, 0) is 29.8 Å². The summed E-state index contributed by atoms with van der Waals surface area (Å²) in [6.45, 7) is 0.279. The van der Waals surface area contributed by atoms with Crippen LogP contribution in [0.2, 0.25) is 0 Å². The lowest BCUT2D eigenvalue weighted by Gasteiger charge is -2.09. The molecule has 3 rings (SSSR count). The number of sulfonamides is 1. The van der Waals surface area contributed by atoms with Crippen LogP contribution in [0.1, 0.15) is 15.9 Å². The number of hydrogen-bond acceptors (Lipinski definition) is 4. The fourth-order valence-corrected chi connectivity index (χ4v) is 3.08. The molecule has 0 radical (unpaired) electrons. The Bertz CT molecular complexity index is 1030. The first-order chi connectivity index (χ1) is 11.9. The molecule has 25 heavy (non-hydrogen) atoms. The summed E-state index contributed by atoms with van der Waals surface area (Å²) in [4.78, 5) is 16.8. The largest absolute Gasteiger partial charge is 0.348 e. The fourth-order valence-electron chi connectivity index (χ4n) is 2.52. The van der Waals surface area contributed by atoms with Gasteiger partial charge >= 0.3 is 0 Å². The predicted molar refractivity (Wildman–Crippen MR) is 97.8 cm³/mol. The Morgan fingerprint density at radius 3 is 2.64 bits per heavy atom. The molecule has 1 amide bonds. The summed E-state index contributed by atoms with van der Waals surface area (Å²) in [5.74, 6) is -0.231. The fraction of sp³-hybridized carbons (Fsp3) is 0.111. The molecule has 0 aliphatic rings. The Morgan fingerprint density at radius 2 is 1.84 bits per heavy atom. The lowest BCUT2D eigenvalue weighted by Crippen LogP contribution is -2.23. The lowest BCUT2D eigenvalue weighted by atomic mass is 10.1. The Morgan fingerprint density at radius 1 is 1.08 bits per heavy atom. The van der Waals surface area contributed by atoms with Crippen LogP contribution in [0.15, 0.2) is 60.8 Å². The number of aromatic nitrogens is 1. The van der Waals surface area contributed by atoms with Crippen molar-refractivity contribution in [2.75, 3.05) is 11.0 Å². The van der Waals surface area contributed by atoms with E-state index in [1.807, 2.05) is 30.3 Å². The zero-order valence-electron chi connectivity index (χ0n) is 13.6. The van der Waals surface area contributed by atoms with E-state index in [9.17, 15) is 13.2 Å². The quantitative estimate of drug-likeness (QED) is 0.736. The van der Waals surface area contributed by atoms with Crippen LogP contribution in [0.25, 0.3) is 10.9 Å². The summed E-state index contributed by atoms with van der Waals surface area (Å²) in [6, 6.07) is 16.1. The van der Waals surface area contributed by atoms with E-state index < -0.39 is 10.0 Å². The summed E-state index contributed by atoms with van der Waals surface area (Å²) in [5.41, 5.74) is 2.40. The second kappa shape index (κ2) is 6.90. The number of amides is 1. The third kappa shape index (κ3) is 4.33. The molecule has 0 fully saturated rings. The molecular weight excluding hydrogens is 338 g/mol. The smallest absolute Gasteiger partial charge is 0.253 e. The zero-order valence-corrected chi connectivity index (χ0v) is 14.4. The lowest BCUT2D eigenvalue weighted by molar-refractivity contribution is 0.0952. The molecule has 6 nitrogen and oxygen atoms in total. The normalized spacial score (nSPS) is 11.2. The number of pyridine rings is 1. The van der Waals surface area contributed by atoms with Gasteiger partial charge in [-0.15, -0.1) is 0 Å². The number of carbonyl (C=O) groups excluding carboxylic acids is 1. The van der Waals surface area contributed by atoms with Gasteiger partial charge in [-0.1, -0.05) is 30.3 Å². The van der Waals surface area contributed by atoms with Gasteiger partial charge in [0.25, 0.3) is 5.91 Å². The number of hydrogen-bond donors (Lipinski definition) is 2. The maximum atomic E-state index is 12.5. The van der Waals surface area contributed by atoms with Crippen LogP contribution in [0.4, 0.5) is 5.69 Å². The van der Waals surface area contributed by atoms with E-state index in [0.717, 1.165) is 17.2 Å². The Labute approximate surface area is 146 Å². The highest BCUT2D eigenvalue weighted by Gasteiger charge is 2.10. The van der Waals surface area contributed by atoms with Crippen molar-refractivity contribution in [3.05, 3.63) is 71.9 Å². The molecule has 7 heteroatoms. The van der Waals surface area contributed by atoms with Crippen LogP contribution in [0.3, 0.4) is 0 Å². The molecule has 0 aliphatic heterocycles. The van der Waals surface area contributed by atoms with Crippen LogP contribution in [0, 0.1) is 0 Å². The first-order valence-electron chi connectivity index (χ1n) is 7.61. The highest BCUT2D eigenvalue weighted by atomic mass is 32.2. The number of nitrogens with zero attached hydrogens (tertiary/aromatic N) is 1. The van der Waals surface area contributed by atoms with E-state index in [4.69, 9.17) is 0 Å².